The van der Waals surface area contributed by atoms with E-state index in [1.807, 2.05) is 18.2 Å². The summed E-state index contributed by atoms with van der Waals surface area (Å²) in [7, 11) is 1.62. The number of thiophene rings is 1. The average Bonchev–Trinajstić information content (AvgIpc) is 3.20. The highest BCUT2D eigenvalue weighted by Crippen LogP contribution is 2.27. The Morgan fingerprint density at radius 3 is 2.97 bits per heavy atom. The topological polar surface area (TPSA) is 27.7 Å². The molecule has 3 rings (SSSR count). The van der Waals surface area contributed by atoms with Crippen molar-refractivity contribution in [2.75, 3.05) is 38.6 Å². The molecule has 1 aromatic heterocycles. The van der Waals surface area contributed by atoms with Crippen LogP contribution in [-0.2, 0) is 6.54 Å². The first kappa shape index (κ1) is 22.3. The molecule has 158 valence electrons. The minimum Gasteiger partial charge on any atom is -0.495 e. The van der Waals surface area contributed by atoms with Gasteiger partial charge in [0.05, 0.1) is 18.7 Å². The van der Waals surface area contributed by atoms with Gasteiger partial charge < -0.3 is 19.9 Å². The second-order valence-electron chi connectivity index (χ2n) is 7.68. The molecule has 1 aliphatic heterocycles. The third-order valence-corrected chi connectivity index (χ3v) is 6.78. The van der Waals surface area contributed by atoms with Gasteiger partial charge in [0.2, 0.25) is 0 Å². The van der Waals surface area contributed by atoms with Crippen LogP contribution in [0.5, 0.6) is 5.75 Å². The smallest absolute Gasteiger partial charge is 0.173 e. The van der Waals surface area contributed by atoms with Crippen molar-refractivity contribution in [2.45, 2.75) is 32.7 Å². The van der Waals surface area contributed by atoms with E-state index < -0.39 is 0 Å². The molecule has 0 radical (unpaired) electrons. The van der Waals surface area contributed by atoms with Crippen molar-refractivity contribution < 1.29 is 4.74 Å². The van der Waals surface area contributed by atoms with Crippen LogP contribution in [-0.4, -0.2) is 48.2 Å². The number of ether oxygens (including phenoxy) is 1. The zero-order valence-electron chi connectivity index (χ0n) is 17.2. The van der Waals surface area contributed by atoms with Gasteiger partial charge in [-0.2, -0.15) is 0 Å². The summed E-state index contributed by atoms with van der Waals surface area (Å²) < 4.78 is 5.23. The van der Waals surface area contributed by atoms with E-state index in [0.29, 0.717) is 10.8 Å². The summed E-state index contributed by atoms with van der Waals surface area (Å²) in [5.74, 6) is 1.47. The van der Waals surface area contributed by atoms with Crippen molar-refractivity contribution in [3.8, 4) is 5.75 Å². The molecule has 1 saturated heterocycles. The van der Waals surface area contributed by atoms with E-state index >= 15 is 0 Å². The number of anilines is 1. The molecule has 0 spiro atoms. The Hall–Kier alpha value is -1.34. The maximum atomic E-state index is 6.26. The molecule has 0 amide bonds. The predicted octanol–water partition coefficient (Wildman–Crippen LogP) is 5.73. The Labute approximate surface area is 188 Å². The summed E-state index contributed by atoms with van der Waals surface area (Å²) in [6.07, 6.45) is 3.78. The van der Waals surface area contributed by atoms with Crippen molar-refractivity contribution in [3.63, 3.8) is 0 Å². The number of rotatable bonds is 8. The van der Waals surface area contributed by atoms with Crippen LogP contribution in [0.2, 0.25) is 5.02 Å². The van der Waals surface area contributed by atoms with E-state index in [9.17, 15) is 0 Å². The fraction of sp³-hybridized carbons (Fsp3) is 0.500. The predicted molar refractivity (Wildman–Crippen MR) is 128 cm³/mol. The van der Waals surface area contributed by atoms with E-state index in [2.05, 4.69) is 39.6 Å². The lowest BCUT2D eigenvalue weighted by atomic mass is 10.0. The summed E-state index contributed by atoms with van der Waals surface area (Å²) in [5.41, 5.74) is 0.877. The number of piperidine rings is 1. The van der Waals surface area contributed by atoms with E-state index in [0.717, 1.165) is 42.8 Å². The van der Waals surface area contributed by atoms with Crippen LogP contribution in [0.25, 0.3) is 0 Å². The molecular formula is C22H30ClN3OS2. The standard InChI is InChI=1S/C22H30ClN3OS2/c1-17-6-3-10-25(15-17)11-5-12-26(16-19-7-4-13-29-19)22(28)24-18-8-9-21(27-2)20(23)14-18/h4,7-9,13-14,17H,3,5-6,10-12,15-16H2,1-2H3,(H,24,28)/t17-/m0/s1. The number of benzene rings is 1. The van der Waals surface area contributed by atoms with E-state index in [4.69, 9.17) is 28.6 Å². The summed E-state index contributed by atoms with van der Waals surface area (Å²) in [6, 6.07) is 9.90. The molecule has 0 aliphatic carbocycles. The summed E-state index contributed by atoms with van der Waals surface area (Å²) in [5, 5.41) is 6.77. The quantitative estimate of drug-likeness (QED) is 0.517. The molecule has 2 heterocycles. The highest BCUT2D eigenvalue weighted by Gasteiger charge is 2.17. The number of likely N-dealkylation sites (tertiary alicyclic amines) is 1. The normalized spacial score (nSPS) is 17.1. The van der Waals surface area contributed by atoms with Crippen molar-refractivity contribution in [1.29, 1.82) is 0 Å². The number of methoxy groups -OCH3 is 1. The maximum Gasteiger partial charge on any atom is 0.173 e. The lowest BCUT2D eigenvalue weighted by molar-refractivity contribution is 0.177. The van der Waals surface area contributed by atoms with E-state index in [-0.39, 0.29) is 0 Å². The Morgan fingerprint density at radius 2 is 2.28 bits per heavy atom. The number of nitrogens with zero attached hydrogens (tertiary/aromatic N) is 2. The van der Waals surface area contributed by atoms with Crippen LogP contribution in [0.4, 0.5) is 5.69 Å². The molecule has 0 unspecified atom stereocenters. The van der Waals surface area contributed by atoms with Gasteiger partial charge in [0, 0.05) is 23.7 Å². The Morgan fingerprint density at radius 1 is 1.41 bits per heavy atom. The number of hydrogen-bond acceptors (Lipinski definition) is 4. The molecule has 4 nitrogen and oxygen atoms in total. The van der Waals surface area contributed by atoms with Crippen LogP contribution in [0.3, 0.4) is 0 Å². The van der Waals surface area contributed by atoms with Gasteiger partial charge in [0.1, 0.15) is 5.75 Å². The average molecular weight is 452 g/mol. The highest BCUT2D eigenvalue weighted by atomic mass is 35.5. The Balaban J connectivity index is 1.59. The molecule has 0 bridgehead atoms. The van der Waals surface area contributed by atoms with Gasteiger partial charge in [-0.25, -0.2) is 0 Å². The monoisotopic (exact) mass is 451 g/mol. The first-order valence-corrected chi connectivity index (χ1v) is 11.9. The van der Waals surface area contributed by atoms with Crippen LogP contribution < -0.4 is 10.1 Å². The van der Waals surface area contributed by atoms with Gasteiger partial charge in [0.15, 0.2) is 5.11 Å². The summed E-state index contributed by atoms with van der Waals surface area (Å²) in [6.45, 7) is 7.68. The third kappa shape index (κ3) is 6.85. The van der Waals surface area contributed by atoms with Crippen LogP contribution in [0.1, 0.15) is 31.1 Å². The fourth-order valence-electron chi connectivity index (χ4n) is 3.76. The molecule has 1 atom stereocenters. The second kappa shape index (κ2) is 11.2. The van der Waals surface area contributed by atoms with E-state index in [1.165, 1.54) is 30.8 Å². The lowest BCUT2D eigenvalue weighted by Crippen LogP contribution is -2.39. The number of thiocarbonyl (C=S) groups is 1. The van der Waals surface area contributed by atoms with Gasteiger partial charge in [-0.15, -0.1) is 11.3 Å². The second-order valence-corrected chi connectivity index (χ2v) is 9.51. The van der Waals surface area contributed by atoms with Crippen LogP contribution in [0.15, 0.2) is 35.7 Å². The summed E-state index contributed by atoms with van der Waals surface area (Å²) in [4.78, 5) is 6.16. The molecular weight excluding hydrogens is 422 g/mol. The van der Waals surface area contributed by atoms with Gasteiger partial charge in [0.25, 0.3) is 0 Å². The number of nitrogens with one attached hydrogen (secondary N) is 1. The van der Waals surface area contributed by atoms with Crippen molar-refractivity contribution in [1.82, 2.24) is 9.80 Å². The fourth-order valence-corrected chi connectivity index (χ4v) is 5.02. The lowest BCUT2D eigenvalue weighted by Gasteiger charge is -2.32. The van der Waals surface area contributed by atoms with Crippen molar-refractivity contribution in [2.24, 2.45) is 5.92 Å². The molecule has 1 aliphatic rings. The molecule has 7 heteroatoms. The molecule has 1 aromatic carbocycles. The zero-order valence-corrected chi connectivity index (χ0v) is 19.6. The van der Waals surface area contributed by atoms with Crippen LogP contribution >= 0.6 is 35.2 Å². The van der Waals surface area contributed by atoms with Gasteiger partial charge in [-0.05, 0) is 80.1 Å². The Kier molecular flexibility index (Phi) is 8.60. The first-order chi connectivity index (χ1) is 14.0. The molecule has 0 saturated carbocycles. The van der Waals surface area contributed by atoms with Gasteiger partial charge in [-0.3, -0.25) is 0 Å². The maximum absolute atomic E-state index is 6.26. The first-order valence-electron chi connectivity index (χ1n) is 10.2. The van der Waals surface area contributed by atoms with Gasteiger partial charge >= 0.3 is 0 Å². The largest absolute Gasteiger partial charge is 0.495 e. The zero-order chi connectivity index (χ0) is 20.6. The molecule has 2 aromatic rings. The minimum absolute atomic E-state index is 0.573. The SMILES string of the molecule is COc1ccc(NC(=S)N(CCCN2CCC[C@H](C)C2)Cc2cccs2)cc1Cl. The number of halogens is 1. The van der Waals surface area contributed by atoms with Crippen molar-refractivity contribution >= 4 is 46.0 Å². The molecule has 29 heavy (non-hydrogen) atoms. The molecule has 1 fully saturated rings. The minimum atomic E-state index is 0.573. The number of hydrogen-bond donors (Lipinski definition) is 1. The van der Waals surface area contributed by atoms with E-state index in [1.54, 1.807) is 18.4 Å². The highest BCUT2D eigenvalue weighted by molar-refractivity contribution is 7.80. The van der Waals surface area contributed by atoms with Crippen molar-refractivity contribution in [3.05, 3.63) is 45.6 Å². The van der Waals surface area contributed by atoms with Crippen LogP contribution in [0, 0.1) is 5.92 Å². The summed E-state index contributed by atoms with van der Waals surface area (Å²) >= 11 is 13.8. The third-order valence-electron chi connectivity index (χ3n) is 5.26. The van der Waals surface area contributed by atoms with Gasteiger partial charge in [-0.1, -0.05) is 24.6 Å². The Bertz CT molecular complexity index is 784. The molecule has 1 N–H and O–H groups in total.